The summed E-state index contributed by atoms with van der Waals surface area (Å²) in [6.07, 6.45) is 10.4. The molecule has 0 bridgehead atoms. The van der Waals surface area contributed by atoms with Crippen molar-refractivity contribution in [2.45, 2.75) is 38.5 Å². The minimum absolute atomic E-state index is 0.0591. The lowest BCUT2D eigenvalue weighted by atomic mass is 9.73. The van der Waals surface area contributed by atoms with Crippen molar-refractivity contribution in [3.8, 4) is 12.0 Å². The summed E-state index contributed by atoms with van der Waals surface area (Å²) in [5, 5.41) is 0. The Morgan fingerprint density at radius 3 is 2.39 bits per heavy atom. The minimum atomic E-state index is -3.37. The summed E-state index contributed by atoms with van der Waals surface area (Å²) in [7, 11) is -4.29. The van der Waals surface area contributed by atoms with E-state index in [0.717, 1.165) is 36.2 Å². The Morgan fingerprint density at radius 2 is 1.87 bits per heavy atom. The first-order chi connectivity index (χ1) is 10.8. The van der Waals surface area contributed by atoms with Gasteiger partial charge < -0.3 is 0 Å². The summed E-state index contributed by atoms with van der Waals surface area (Å²) in [6, 6.07) is 2.74. The smallest absolute Gasteiger partial charge is 0.239 e. The average molecular weight is 358 g/mol. The predicted octanol–water partition coefficient (Wildman–Crippen LogP) is 2.67. The zero-order chi connectivity index (χ0) is 17.3. The monoisotopic (exact) mass is 357 g/mol. The van der Waals surface area contributed by atoms with Gasteiger partial charge in [-0.2, -0.15) is 0 Å². The van der Waals surface area contributed by atoms with Crippen LogP contribution in [-0.4, -0.2) is 41.2 Å². The maximum absolute atomic E-state index is 12.1. The van der Waals surface area contributed by atoms with E-state index in [1.165, 1.54) is 12.5 Å². The molecular weight excluding hydrogens is 330 g/mol. The van der Waals surface area contributed by atoms with Crippen molar-refractivity contribution >= 4 is 20.8 Å². The largest absolute Gasteiger partial charge is 0.259 e. The van der Waals surface area contributed by atoms with Crippen LogP contribution in [0.4, 0.5) is 0 Å². The Hall–Kier alpha value is -1.06. The van der Waals surface area contributed by atoms with E-state index in [4.69, 9.17) is 0 Å². The van der Waals surface area contributed by atoms with Crippen molar-refractivity contribution in [3.63, 3.8) is 0 Å². The SMILES string of the molecule is C=CCN(C#CCC1(CS(=O)CC=C)CCCCC1)S(C)(=O)=O. The van der Waals surface area contributed by atoms with Gasteiger partial charge in [-0.1, -0.05) is 37.3 Å². The molecule has 0 radical (unpaired) electrons. The lowest BCUT2D eigenvalue weighted by Crippen LogP contribution is -2.31. The molecule has 0 spiro atoms. The molecule has 0 aromatic rings. The number of nitrogens with zero attached hydrogens (tertiary/aromatic N) is 1. The van der Waals surface area contributed by atoms with E-state index in [2.05, 4.69) is 25.1 Å². The molecule has 1 aliphatic rings. The Bertz CT molecular complexity index is 593. The zero-order valence-corrected chi connectivity index (χ0v) is 15.6. The molecule has 0 N–H and O–H groups in total. The van der Waals surface area contributed by atoms with E-state index in [0.29, 0.717) is 17.9 Å². The van der Waals surface area contributed by atoms with Gasteiger partial charge in [-0.15, -0.1) is 13.2 Å². The minimum Gasteiger partial charge on any atom is -0.259 e. The fourth-order valence-corrected chi connectivity index (χ4v) is 4.96. The van der Waals surface area contributed by atoms with E-state index in [9.17, 15) is 12.6 Å². The second-order valence-electron chi connectivity index (χ2n) is 6.15. The van der Waals surface area contributed by atoms with Gasteiger partial charge in [0.05, 0.1) is 12.8 Å². The average Bonchev–Trinajstić information content (AvgIpc) is 2.46. The predicted molar refractivity (Wildman–Crippen MR) is 97.7 cm³/mol. The molecule has 0 aromatic carbocycles. The van der Waals surface area contributed by atoms with Gasteiger partial charge >= 0.3 is 0 Å². The Kier molecular flexibility index (Phi) is 8.07. The van der Waals surface area contributed by atoms with Crippen molar-refractivity contribution in [2.24, 2.45) is 5.41 Å². The van der Waals surface area contributed by atoms with E-state index in [1.807, 2.05) is 0 Å². The fraction of sp³-hybridized carbons (Fsp3) is 0.647. The molecule has 23 heavy (non-hydrogen) atoms. The highest BCUT2D eigenvalue weighted by molar-refractivity contribution is 7.88. The number of hydrogen-bond donors (Lipinski definition) is 0. The van der Waals surface area contributed by atoms with Gasteiger partial charge in [0.15, 0.2) is 0 Å². The van der Waals surface area contributed by atoms with Crippen LogP contribution >= 0.6 is 0 Å². The van der Waals surface area contributed by atoms with Crippen LogP contribution in [0.1, 0.15) is 38.5 Å². The molecule has 1 aliphatic carbocycles. The summed E-state index contributed by atoms with van der Waals surface area (Å²) in [5.74, 6) is 4.14. The van der Waals surface area contributed by atoms with Gasteiger partial charge in [0.25, 0.3) is 0 Å². The quantitative estimate of drug-likeness (QED) is 0.381. The first-order valence-electron chi connectivity index (χ1n) is 7.86. The van der Waals surface area contributed by atoms with E-state index >= 15 is 0 Å². The Morgan fingerprint density at radius 1 is 1.22 bits per heavy atom. The third kappa shape index (κ3) is 6.92. The standard InChI is InChI=1S/C17H27NO3S2/c1-4-13-18(23(3,20)21)14-9-12-17(10-7-6-8-11-17)16-22(19)15-5-2/h4-5H,1-2,6-8,10-13,15-16H2,3H3. The molecule has 0 heterocycles. The first kappa shape index (κ1) is 20.0. The van der Waals surface area contributed by atoms with Crippen molar-refractivity contribution in [3.05, 3.63) is 25.3 Å². The molecule has 1 atom stereocenters. The Balaban J connectivity index is 2.86. The van der Waals surface area contributed by atoms with Crippen molar-refractivity contribution in [2.75, 3.05) is 24.3 Å². The van der Waals surface area contributed by atoms with Crippen molar-refractivity contribution in [1.82, 2.24) is 4.31 Å². The van der Waals surface area contributed by atoms with E-state index in [1.54, 1.807) is 6.08 Å². The molecule has 0 amide bonds. The van der Waals surface area contributed by atoms with Gasteiger partial charge in [0.2, 0.25) is 10.0 Å². The van der Waals surface area contributed by atoms with Crippen LogP contribution in [0.25, 0.3) is 0 Å². The highest BCUT2D eigenvalue weighted by Crippen LogP contribution is 2.39. The Labute approximate surface area is 143 Å². The van der Waals surface area contributed by atoms with Crippen LogP contribution in [0, 0.1) is 17.4 Å². The second-order valence-corrected chi connectivity index (χ2v) is 9.56. The molecule has 1 unspecified atom stereocenters. The summed E-state index contributed by atoms with van der Waals surface area (Å²) < 4.78 is 36.6. The zero-order valence-electron chi connectivity index (χ0n) is 13.9. The van der Waals surface area contributed by atoms with E-state index in [-0.39, 0.29) is 12.0 Å². The lowest BCUT2D eigenvalue weighted by molar-refractivity contribution is 0.228. The highest BCUT2D eigenvalue weighted by atomic mass is 32.2. The van der Waals surface area contributed by atoms with Gasteiger partial charge in [0, 0.05) is 34.8 Å². The molecule has 0 aliphatic heterocycles. The lowest BCUT2D eigenvalue weighted by Gasteiger charge is -2.35. The molecule has 1 saturated carbocycles. The summed E-state index contributed by atoms with van der Waals surface area (Å²) in [4.78, 5) is 0. The molecule has 130 valence electrons. The van der Waals surface area contributed by atoms with Crippen molar-refractivity contribution < 1.29 is 12.6 Å². The fourth-order valence-electron chi connectivity index (χ4n) is 2.90. The van der Waals surface area contributed by atoms with Crippen molar-refractivity contribution in [1.29, 1.82) is 0 Å². The highest BCUT2D eigenvalue weighted by Gasteiger charge is 2.33. The molecule has 6 heteroatoms. The maximum Gasteiger partial charge on any atom is 0.239 e. The molecule has 0 aromatic heterocycles. The van der Waals surface area contributed by atoms with Crippen LogP contribution < -0.4 is 0 Å². The van der Waals surface area contributed by atoms with Crippen LogP contribution in [-0.2, 0) is 20.8 Å². The van der Waals surface area contributed by atoms with Crippen LogP contribution in [0.2, 0.25) is 0 Å². The number of rotatable bonds is 8. The first-order valence-corrected chi connectivity index (χ1v) is 11.2. The van der Waals surface area contributed by atoms with E-state index < -0.39 is 20.8 Å². The second kappa shape index (κ2) is 9.29. The van der Waals surface area contributed by atoms with Gasteiger partial charge in [0.1, 0.15) is 0 Å². The molecule has 4 nitrogen and oxygen atoms in total. The third-order valence-corrected chi connectivity index (χ3v) is 6.63. The number of sulfonamides is 1. The summed E-state index contributed by atoms with van der Waals surface area (Å²) >= 11 is 0. The van der Waals surface area contributed by atoms with Gasteiger partial charge in [-0.3, -0.25) is 4.21 Å². The normalized spacial score (nSPS) is 18.3. The topological polar surface area (TPSA) is 54.5 Å². The molecule has 0 saturated heterocycles. The molecular formula is C17H27NO3S2. The third-order valence-electron chi connectivity index (χ3n) is 4.05. The van der Waals surface area contributed by atoms with Crippen LogP contribution in [0.5, 0.6) is 0 Å². The molecule has 1 fully saturated rings. The number of hydrogen-bond acceptors (Lipinski definition) is 3. The van der Waals surface area contributed by atoms with Crippen LogP contribution in [0.3, 0.4) is 0 Å². The summed E-state index contributed by atoms with van der Waals surface area (Å²) in [5.41, 5.74) is -0.0591. The van der Waals surface area contributed by atoms with Crippen LogP contribution in [0.15, 0.2) is 25.3 Å². The van der Waals surface area contributed by atoms with Gasteiger partial charge in [-0.05, 0) is 18.3 Å². The molecule has 1 rings (SSSR count). The van der Waals surface area contributed by atoms with Gasteiger partial charge in [-0.25, -0.2) is 12.7 Å². The maximum atomic E-state index is 12.1. The summed E-state index contributed by atoms with van der Waals surface area (Å²) in [6.45, 7) is 7.39.